The van der Waals surface area contributed by atoms with E-state index in [1.807, 2.05) is 0 Å². The third-order valence-electron chi connectivity index (χ3n) is 2.63. The lowest BCUT2D eigenvalue weighted by Crippen LogP contribution is -2.35. The molecule has 1 aliphatic rings. The molecule has 0 fully saturated rings. The quantitative estimate of drug-likeness (QED) is 0.703. The van der Waals surface area contributed by atoms with Gasteiger partial charge < -0.3 is 10.3 Å². The van der Waals surface area contributed by atoms with Gasteiger partial charge in [0.05, 0.1) is 0 Å². The molecular weight excluding hydrogens is 166 g/mol. The second-order valence-electron chi connectivity index (χ2n) is 3.79. The van der Waals surface area contributed by atoms with E-state index in [0.29, 0.717) is 11.9 Å². The van der Waals surface area contributed by atoms with Crippen LogP contribution in [0.15, 0.2) is 4.52 Å². The van der Waals surface area contributed by atoms with Crippen molar-refractivity contribution in [1.29, 1.82) is 0 Å². The van der Waals surface area contributed by atoms with Gasteiger partial charge in [-0.25, -0.2) is 0 Å². The summed E-state index contributed by atoms with van der Waals surface area (Å²) in [7, 11) is 0. The maximum atomic E-state index is 5.64. The largest absolute Gasteiger partial charge is 0.367 e. The molecule has 0 aliphatic carbocycles. The third-order valence-corrected chi connectivity index (χ3v) is 2.63. The first kappa shape index (κ1) is 8.56. The van der Waals surface area contributed by atoms with Crippen molar-refractivity contribution in [1.82, 2.24) is 10.1 Å². The van der Waals surface area contributed by atoms with Crippen molar-refractivity contribution >= 4 is 5.88 Å². The monoisotopic (exact) mass is 181 g/mol. The number of fused-ring (bicyclic) bond motifs is 1. The van der Waals surface area contributed by atoms with Crippen molar-refractivity contribution in [2.75, 3.05) is 12.3 Å². The van der Waals surface area contributed by atoms with Crippen LogP contribution in [0, 0.1) is 0 Å². The maximum absolute atomic E-state index is 5.64. The fourth-order valence-corrected chi connectivity index (χ4v) is 1.72. The standard InChI is InChI=1S/C9H15N3O/c1-6(2)12-4-3-7-8(5-12)11-13-9(7)10/h6H,3-5,10H2,1-2H3. The Hall–Kier alpha value is -1.03. The van der Waals surface area contributed by atoms with Gasteiger partial charge >= 0.3 is 0 Å². The van der Waals surface area contributed by atoms with Crippen LogP contribution in [0.5, 0.6) is 0 Å². The van der Waals surface area contributed by atoms with Crippen molar-refractivity contribution in [2.45, 2.75) is 32.9 Å². The highest BCUT2D eigenvalue weighted by Gasteiger charge is 2.23. The summed E-state index contributed by atoms with van der Waals surface area (Å²) >= 11 is 0. The van der Waals surface area contributed by atoms with Crippen molar-refractivity contribution in [2.24, 2.45) is 0 Å². The predicted molar refractivity (Wildman–Crippen MR) is 50.2 cm³/mol. The molecule has 72 valence electrons. The van der Waals surface area contributed by atoms with E-state index < -0.39 is 0 Å². The van der Waals surface area contributed by atoms with Crippen molar-refractivity contribution < 1.29 is 4.52 Å². The third kappa shape index (κ3) is 1.42. The van der Waals surface area contributed by atoms with E-state index in [2.05, 4.69) is 23.9 Å². The van der Waals surface area contributed by atoms with Crippen molar-refractivity contribution in [3.8, 4) is 0 Å². The summed E-state index contributed by atoms with van der Waals surface area (Å²) in [5.41, 5.74) is 7.75. The maximum Gasteiger partial charge on any atom is 0.225 e. The topological polar surface area (TPSA) is 55.3 Å². The molecule has 0 radical (unpaired) electrons. The molecule has 2 N–H and O–H groups in total. The number of hydrogen-bond donors (Lipinski definition) is 1. The summed E-state index contributed by atoms with van der Waals surface area (Å²) in [4.78, 5) is 2.37. The average molecular weight is 181 g/mol. The van der Waals surface area contributed by atoms with E-state index in [1.165, 1.54) is 0 Å². The van der Waals surface area contributed by atoms with E-state index in [1.54, 1.807) is 0 Å². The Morgan fingerprint density at radius 3 is 3.00 bits per heavy atom. The zero-order valence-corrected chi connectivity index (χ0v) is 8.08. The number of nitrogen functional groups attached to an aromatic ring is 1. The zero-order chi connectivity index (χ0) is 9.42. The highest BCUT2D eigenvalue weighted by molar-refractivity contribution is 5.40. The van der Waals surface area contributed by atoms with Crippen LogP contribution in [0.4, 0.5) is 5.88 Å². The molecule has 0 saturated heterocycles. The molecule has 4 nitrogen and oxygen atoms in total. The minimum Gasteiger partial charge on any atom is -0.367 e. The Balaban J connectivity index is 2.21. The molecule has 0 bridgehead atoms. The number of nitrogens with zero attached hydrogens (tertiary/aromatic N) is 2. The Morgan fingerprint density at radius 1 is 1.54 bits per heavy atom. The first-order valence-electron chi connectivity index (χ1n) is 4.65. The zero-order valence-electron chi connectivity index (χ0n) is 8.08. The Morgan fingerprint density at radius 2 is 2.31 bits per heavy atom. The number of anilines is 1. The van der Waals surface area contributed by atoms with Gasteiger partial charge in [-0.1, -0.05) is 5.16 Å². The molecule has 1 aliphatic heterocycles. The van der Waals surface area contributed by atoms with Crippen molar-refractivity contribution in [3.63, 3.8) is 0 Å². The van der Waals surface area contributed by atoms with Crippen LogP contribution in [0.2, 0.25) is 0 Å². The molecule has 0 aromatic carbocycles. The lowest BCUT2D eigenvalue weighted by atomic mass is 10.1. The Labute approximate surface area is 77.7 Å². The van der Waals surface area contributed by atoms with E-state index in [4.69, 9.17) is 10.3 Å². The second kappa shape index (κ2) is 3.03. The number of rotatable bonds is 1. The second-order valence-corrected chi connectivity index (χ2v) is 3.79. The predicted octanol–water partition coefficient (Wildman–Crippen LogP) is 1.02. The highest BCUT2D eigenvalue weighted by atomic mass is 16.5. The van der Waals surface area contributed by atoms with Crippen LogP contribution in [-0.4, -0.2) is 22.6 Å². The Kier molecular flexibility index (Phi) is 2.00. The summed E-state index contributed by atoms with van der Waals surface area (Å²) in [6.07, 6.45) is 0.961. The van der Waals surface area contributed by atoms with E-state index in [0.717, 1.165) is 30.8 Å². The van der Waals surface area contributed by atoms with Crippen LogP contribution in [0.25, 0.3) is 0 Å². The van der Waals surface area contributed by atoms with Gasteiger partial charge in [-0.05, 0) is 20.3 Å². The molecule has 0 saturated carbocycles. The molecule has 4 heteroatoms. The van der Waals surface area contributed by atoms with Gasteiger partial charge in [0.1, 0.15) is 5.69 Å². The highest BCUT2D eigenvalue weighted by Crippen LogP contribution is 2.24. The van der Waals surface area contributed by atoms with Crippen LogP contribution in [0.3, 0.4) is 0 Å². The summed E-state index contributed by atoms with van der Waals surface area (Å²) in [6.45, 7) is 6.30. The molecule has 2 heterocycles. The van der Waals surface area contributed by atoms with Gasteiger partial charge in [-0.15, -0.1) is 0 Å². The molecule has 0 unspecified atom stereocenters. The molecule has 1 aromatic rings. The molecule has 0 atom stereocenters. The summed E-state index contributed by atoms with van der Waals surface area (Å²) in [5.74, 6) is 0.499. The van der Waals surface area contributed by atoms with E-state index >= 15 is 0 Å². The molecule has 0 amide bonds. The molecule has 13 heavy (non-hydrogen) atoms. The van der Waals surface area contributed by atoms with Crippen molar-refractivity contribution in [3.05, 3.63) is 11.3 Å². The van der Waals surface area contributed by atoms with Gasteiger partial charge in [0.25, 0.3) is 0 Å². The first-order chi connectivity index (χ1) is 6.18. The average Bonchev–Trinajstić information content (AvgIpc) is 2.47. The van der Waals surface area contributed by atoms with E-state index in [-0.39, 0.29) is 0 Å². The minimum absolute atomic E-state index is 0.499. The number of hydrogen-bond acceptors (Lipinski definition) is 4. The summed E-state index contributed by atoms with van der Waals surface area (Å²) in [6, 6.07) is 0.561. The first-order valence-corrected chi connectivity index (χ1v) is 4.65. The van der Waals surface area contributed by atoms with Gasteiger partial charge in [0.15, 0.2) is 0 Å². The fraction of sp³-hybridized carbons (Fsp3) is 0.667. The van der Waals surface area contributed by atoms with Crippen LogP contribution in [-0.2, 0) is 13.0 Å². The van der Waals surface area contributed by atoms with Gasteiger partial charge in [-0.3, -0.25) is 4.90 Å². The Bertz CT molecular complexity index is 306. The van der Waals surface area contributed by atoms with Crippen LogP contribution >= 0.6 is 0 Å². The van der Waals surface area contributed by atoms with E-state index in [9.17, 15) is 0 Å². The molecule has 0 spiro atoms. The normalized spacial score (nSPS) is 17.8. The molecular formula is C9H15N3O. The molecule has 1 aromatic heterocycles. The van der Waals surface area contributed by atoms with Crippen LogP contribution in [0.1, 0.15) is 25.1 Å². The molecule has 2 rings (SSSR count). The number of nitrogens with two attached hydrogens (primary N) is 1. The van der Waals surface area contributed by atoms with Gasteiger partial charge in [0.2, 0.25) is 5.88 Å². The minimum atomic E-state index is 0.499. The number of aromatic nitrogens is 1. The van der Waals surface area contributed by atoms with Crippen LogP contribution < -0.4 is 5.73 Å². The SMILES string of the molecule is CC(C)N1CCc2c(noc2N)C1. The summed E-state index contributed by atoms with van der Waals surface area (Å²) in [5, 5.41) is 3.95. The fourth-order valence-electron chi connectivity index (χ4n) is 1.72. The summed E-state index contributed by atoms with van der Waals surface area (Å²) < 4.78 is 4.95. The smallest absolute Gasteiger partial charge is 0.225 e. The van der Waals surface area contributed by atoms with Gasteiger partial charge in [0, 0.05) is 24.7 Å². The van der Waals surface area contributed by atoms with Gasteiger partial charge in [-0.2, -0.15) is 0 Å². The lowest BCUT2D eigenvalue weighted by Gasteiger charge is -2.28. The lowest BCUT2D eigenvalue weighted by molar-refractivity contribution is 0.199.